The van der Waals surface area contributed by atoms with Gasteiger partial charge in [0.1, 0.15) is 11.8 Å². The molecule has 1 aromatic heterocycles. The van der Waals surface area contributed by atoms with Crippen LogP contribution in [0.25, 0.3) is 0 Å². The molecule has 1 fully saturated rings. The SMILES string of the molecule is CC(C)(C)c1cc(NC(=O)[C@@H]2CCC(=O)N2c2cccc(C(=O)O)c2)no1. The molecule has 1 aliphatic heterocycles. The van der Waals surface area contributed by atoms with Gasteiger partial charge < -0.3 is 14.9 Å². The van der Waals surface area contributed by atoms with E-state index in [1.54, 1.807) is 18.2 Å². The maximum absolute atomic E-state index is 12.7. The van der Waals surface area contributed by atoms with E-state index in [9.17, 15) is 14.4 Å². The first-order chi connectivity index (χ1) is 12.7. The standard InChI is InChI=1S/C19H21N3O5/c1-19(2,3)14-10-15(21-27-14)20-17(24)13-7-8-16(23)22(13)12-6-4-5-11(9-12)18(25)26/h4-6,9-10,13H,7-8H2,1-3H3,(H,25,26)(H,20,21,24)/t13-/m0/s1. The lowest BCUT2D eigenvalue weighted by molar-refractivity contribution is -0.120. The monoisotopic (exact) mass is 371 g/mol. The molecule has 1 saturated heterocycles. The summed E-state index contributed by atoms with van der Waals surface area (Å²) in [4.78, 5) is 37.6. The van der Waals surface area contributed by atoms with Crippen molar-refractivity contribution in [3.8, 4) is 0 Å². The average Bonchev–Trinajstić information content (AvgIpc) is 3.21. The Balaban J connectivity index is 1.81. The van der Waals surface area contributed by atoms with E-state index in [0.29, 0.717) is 17.9 Å². The molecule has 8 nitrogen and oxygen atoms in total. The second kappa shape index (κ2) is 6.86. The number of nitrogens with zero attached hydrogens (tertiary/aromatic N) is 2. The van der Waals surface area contributed by atoms with E-state index in [0.717, 1.165) is 0 Å². The van der Waals surface area contributed by atoms with Crippen LogP contribution in [-0.2, 0) is 15.0 Å². The number of carbonyl (C=O) groups is 3. The van der Waals surface area contributed by atoms with Gasteiger partial charge in [0, 0.05) is 23.6 Å². The Kier molecular flexibility index (Phi) is 4.73. The quantitative estimate of drug-likeness (QED) is 0.854. The molecular weight excluding hydrogens is 350 g/mol. The van der Waals surface area contributed by atoms with E-state index < -0.39 is 17.9 Å². The fraction of sp³-hybridized carbons (Fsp3) is 0.368. The van der Waals surface area contributed by atoms with E-state index in [1.807, 2.05) is 20.8 Å². The van der Waals surface area contributed by atoms with Crippen LogP contribution < -0.4 is 10.2 Å². The van der Waals surface area contributed by atoms with Crippen LogP contribution in [0.2, 0.25) is 0 Å². The van der Waals surface area contributed by atoms with Crippen LogP contribution in [-0.4, -0.2) is 34.1 Å². The lowest BCUT2D eigenvalue weighted by atomic mass is 9.93. The molecule has 1 atom stereocenters. The van der Waals surface area contributed by atoms with Gasteiger partial charge in [0.15, 0.2) is 5.82 Å². The Labute approximate surface area is 156 Å². The molecule has 2 aromatic rings. The predicted molar refractivity (Wildman–Crippen MR) is 97.7 cm³/mol. The van der Waals surface area contributed by atoms with Crippen LogP contribution >= 0.6 is 0 Å². The summed E-state index contributed by atoms with van der Waals surface area (Å²) in [6.07, 6.45) is 0.549. The summed E-state index contributed by atoms with van der Waals surface area (Å²) < 4.78 is 5.26. The number of benzene rings is 1. The Bertz CT molecular complexity index is 897. The van der Waals surface area contributed by atoms with Gasteiger partial charge in [-0.3, -0.25) is 14.5 Å². The molecular formula is C19H21N3O5. The first-order valence-electron chi connectivity index (χ1n) is 8.60. The highest BCUT2D eigenvalue weighted by atomic mass is 16.5. The molecule has 2 amide bonds. The van der Waals surface area contributed by atoms with Gasteiger partial charge in [0.05, 0.1) is 5.56 Å². The highest BCUT2D eigenvalue weighted by Gasteiger charge is 2.37. The van der Waals surface area contributed by atoms with Crippen molar-refractivity contribution >= 4 is 29.3 Å². The lowest BCUT2D eigenvalue weighted by Crippen LogP contribution is -2.41. The van der Waals surface area contributed by atoms with Gasteiger partial charge in [-0.05, 0) is 24.6 Å². The maximum Gasteiger partial charge on any atom is 0.335 e. The normalized spacial score (nSPS) is 17.2. The van der Waals surface area contributed by atoms with Crippen LogP contribution in [0.3, 0.4) is 0 Å². The number of nitrogens with one attached hydrogen (secondary N) is 1. The summed E-state index contributed by atoms with van der Waals surface area (Å²) in [5.74, 6) is -0.805. The topological polar surface area (TPSA) is 113 Å². The van der Waals surface area contributed by atoms with E-state index in [4.69, 9.17) is 9.63 Å². The van der Waals surface area contributed by atoms with Gasteiger partial charge in [-0.2, -0.15) is 0 Å². The number of carboxylic acids is 1. The number of hydrogen-bond donors (Lipinski definition) is 2. The van der Waals surface area contributed by atoms with Crippen LogP contribution in [0.5, 0.6) is 0 Å². The summed E-state index contributed by atoms with van der Waals surface area (Å²) in [6.45, 7) is 5.89. The molecule has 2 heterocycles. The number of carbonyl (C=O) groups excluding carboxylic acids is 2. The Hall–Kier alpha value is -3.16. The third kappa shape index (κ3) is 3.84. The third-order valence-electron chi connectivity index (χ3n) is 4.39. The number of aromatic carboxylic acids is 1. The molecule has 1 aliphatic rings. The number of anilines is 2. The summed E-state index contributed by atoms with van der Waals surface area (Å²) in [5.41, 5.74) is 0.188. The van der Waals surface area contributed by atoms with Crippen LogP contribution in [0, 0.1) is 0 Å². The van der Waals surface area contributed by atoms with Crippen LogP contribution in [0.1, 0.15) is 49.7 Å². The zero-order valence-corrected chi connectivity index (χ0v) is 15.4. The number of carboxylic acid groups (broad SMARTS) is 1. The van der Waals surface area contributed by atoms with Gasteiger partial charge in [-0.15, -0.1) is 0 Å². The van der Waals surface area contributed by atoms with Gasteiger partial charge in [-0.25, -0.2) is 4.79 Å². The van der Waals surface area contributed by atoms with Crippen molar-refractivity contribution < 1.29 is 24.0 Å². The minimum Gasteiger partial charge on any atom is -0.478 e. The number of rotatable bonds is 4. The molecule has 0 radical (unpaired) electrons. The Morgan fingerprint density at radius 1 is 1.30 bits per heavy atom. The molecule has 142 valence electrons. The van der Waals surface area contributed by atoms with Gasteiger partial charge in [0.25, 0.3) is 0 Å². The average molecular weight is 371 g/mol. The zero-order valence-electron chi connectivity index (χ0n) is 15.4. The highest BCUT2D eigenvalue weighted by molar-refractivity contribution is 6.07. The minimum atomic E-state index is -1.10. The lowest BCUT2D eigenvalue weighted by Gasteiger charge is -2.24. The molecule has 0 bridgehead atoms. The second-order valence-electron chi connectivity index (χ2n) is 7.49. The van der Waals surface area contributed by atoms with Crippen molar-refractivity contribution in [1.82, 2.24) is 5.16 Å². The van der Waals surface area contributed by atoms with Gasteiger partial charge in [-0.1, -0.05) is 32.0 Å². The van der Waals surface area contributed by atoms with Gasteiger partial charge in [0.2, 0.25) is 11.8 Å². The van der Waals surface area contributed by atoms with Crippen molar-refractivity contribution in [1.29, 1.82) is 0 Å². The number of hydrogen-bond acceptors (Lipinski definition) is 5. The van der Waals surface area contributed by atoms with Gasteiger partial charge >= 0.3 is 5.97 Å². The summed E-state index contributed by atoms with van der Waals surface area (Å²) in [6, 6.07) is 6.90. The molecule has 2 N–H and O–H groups in total. The molecule has 3 rings (SSSR count). The van der Waals surface area contributed by atoms with Crippen LogP contribution in [0.15, 0.2) is 34.9 Å². The third-order valence-corrected chi connectivity index (χ3v) is 4.39. The molecule has 1 aromatic carbocycles. The molecule has 0 unspecified atom stereocenters. The van der Waals surface area contributed by atoms with Crippen LogP contribution in [0.4, 0.5) is 11.5 Å². The maximum atomic E-state index is 12.7. The molecule has 0 spiro atoms. The first kappa shape index (κ1) is 18.6. The molecule has 0 saturated carbocycles. The highest BCUT2D eigenvalue weighted by Crippen LogP contribution is 2.29. The minimum absolute atomic E-state index is 0.0534. The Morgan fingerprint density at radius 3 is 2.67 bits per heavy atom. The number of aromatic nitrogens is 1. The largest absolute Gasteiger partial charge is 0.478 e. The van der Waals surface area contributed by atoms with Crippen molar-refractivity contribution in [2.45, 2.75) is 45.1 Å². The second-order valence-corrected chi connectivity index (χ2v) is 7.49. The summed E-state index contributed by atoms with van der Waals surface area (Å²) in [5, 5.41) is 15.7. The fourth-order valence-electron chi connectivity index (χ4n) is 2.94. The van der Waals surface area contributed by atoms with E-state index >= 15 is 0 Å². The summed E-state index contributed by atoms with van der Waals surface area (Å²) >= 11 is 0. The van der Waals surface area contributed by atoms with Crippen molar-refractivity contribution in [2.24, 2.45) is 0 Å². The fourth-order valence-corrected chi connectivity index (χ4v) is 2.94. The van der Waals surface area contributed by atoms with Crippen molar-refractivity contribution in [3.63, 3.8) is 0 Å². The molecule has 8 heteroatoms. The first-order valence-corrected chi connectivity index (χ1v) is 8.60. The Morgan fingerprint density at radius 2 is 2.04 bits per heavy atom. The van der Waals surface area contributed by atoms with Crippen molar-refractivity contribution in [3.05, 3.63) is 41.7 Å². The van der Waals surface area contributed by atoms with Crippen molar-refractivity contribution in [2.75, 3.05) is 10.2 Å². The van der Waals surface area contributed by atoms with E-state index in [2.05, 4.69) is 10.5 Å². The predicted octanol–water partition coefficient (Wildman–Crippen LogP) is 2.80. The zero-order chi connectivity index (χ0) is 19.8. The molecule has 27 heavy (non-hydrogen) atoms. The number of amides is 2. The summed E-state index contributed by atoms with van der Waals surface area (Å²) in [7, 11) is 0. The molecule has 0 aliphatic carbocycles. The van der Waals surface area contributed by atoms with E-state index in [-0.39, 0.29) is 29.1 Å². The van der Waals surface area contributed by atoms with E-state index in [1.165, 1.54) is 17.0 Å². The smallest absolute Gasteiger partial charge is 0.335 e.